The van der Waals surface area contributed by atoms with Gasteiger partial charge in [0.25, 0.3) is 5.91 Å². The smallest absolute Gasteiger partial charge is 0.270 e. The Kier molecular flexibility index (Phi) is 7.12. The van der Waals surface area contributed by atoms with Crippen molar-refractivity contribution in [1.29, 1.82) is 0 Å². The van der Waals surface area contributed by atoms with Crippen LogP contribution in [0.1, 0.15) is 41.9 Å². The molecular weight excluding hydrogens is 411 g/mol. The summed E-state index contributed by atoms with van der Waals surface area (Å²) in [5.41, 5.74) is 2.44. The van der Waals surface area contributed by atoms with Crippen LogP contribution < -0.4 is 10.6 Å². The van der Waals surface area contributed by atoms with E-state index in [1.165, 1.54) is 0 Å². The second kappa shape index (κ2) is 9.76. The molecule has 2 heterocycles. The number of nitrogens with zero attached hydrogens (tertiary/aromatic N) is 2. The molecule has 8 heteroatoms. The van der Waals surface area contributed by atoms with Crippen LogP contribution in [0.5, 0.6) is 0 Å². The lowest BCUT2D eigenvalue weighted by atomic mass is 10.2. The second-order valence-corrected chi connectivity index (χ2v) is 7.50. The van der Waals surface area contributed by atoms with Gasteiger partial charge in [-0.15, -0.1) is 0 Å². The normalized spacial score (nSPS) is 10.9. The van der Waals surface area contributed by atoms with E-state index in [1.54, 1.807) is 22.6 Å². The van der Waals surface area contributed by atoms with E-state index in [4.69, 9.17) is 23.2 Å². The number of carbonyl (C=O) groups is 2. The Morgan fingerprint density at radius 2 is 1.79 bits per heavy atom. The fraction of sp³-hybridized carbons (Fsp3) is 0.286. The van der Waals surface area contributed by atoms with Crippen molar-refractivity contribution in [3.63, 3.8) is 0 Å². The number of imidazole rings is 1. The molecule has 0 radical (unpaired) electrons. The molecule has 0 aliphatic rings. The first-order chi connectivity index (χ1) is 14.0. The molecule has 1 aromatic carbocycles. The number of aromatic nitrogens is 2. The molecule has 0 fully saturated rings. The highest BCUT2D eigenvalue weighted by Gasteiger charge is 2.15. The highest BCUT2D eigenvalue weighted by Crippen LogP contribution is 2.29. The summed E-state index contributed by atoms with van der Waals surface area (Å²) in [6, 6.07) is 10.7. The number of fused-ring (bicyclic) bond motifs is 1. The van der Waals surface area contributed by atoms with Gasteiger partial charge in [-0.1, -0.05) is 41.8 Å². The number of rotatable bonds is 8. The predicted octanol–water partition coefficient (Wildman–Crippen LogP) is 4.88. The summed E-state index contributed by atoms with van der Waals surface area (Å²) in [5, 5.41) is 6.50. The average Bonchev–Trinajstić information content (AvgIpc) is 3.03. The maximum absolute atomic E-state index is 12.5. The number of aryl methyl sites for hydroxylation is 1. The number of carbonyl (C=O) groups excluding carboxylic acids is 2. The van der Waals surface area contributed by atoms with Crippen molar-refractivity contribution in [2.45, 2.75) is 32.6 Å². The summed E-state index contributed by atoms with van der Waals surface area (Å²) in [6.45, 7) is 2.36. The molecule has 3 rings (SSSR count). The highest BCUT2D eigenvalue weighted by molar-refractivity contribution is 6.39. The van der Waals surface area contributed by atoms with E-state index in [0.29, 0.717) is 46.5 Å². The van der Waals surface area contributed by atoms with E-state index in [-0.39, 0.29) is 11.8 Å². The number of hydrogen-bond donors (Lipinski definition) is 2. The summed E-state index contributed by atoms with van der Waals surface area (Å²) in [6.07, 6.45) is 4.49. The number of hydrogen-bond acceptors (Lipinski definition) is 3. The van der Waals surface area contributed by atoms with Gasteiger partial charge in [0.2, 0.25) is 5.91 Å². The summed E-state index contributed by atoms with van der Waals surface area (Å²) in [7, 11) is 0. The van der Waals surface area contributed by atoms with Crippen molar-refractivity contribution in [2.75, 3.05) is 11.9 Å². The lowest BCUT2D eigenvalue weighted by Crippen LogP contribution is -2.26. The largest absolute Gasteiger partial charge is 0.351 e. The van der Waals surface area contributed by atoms with Crippen LogP contribution in [0.2, 0.25) is 10.0 Å². The van der Waals surface area contributed by atoms with E-state index in [1.807, 2.05) is 31.3 Å². The van der Waals surface area contributed by atoms with E-state index < -0.39 is 0 Å². The van der Waals surface area contributed by atoms with Crippen LogP contribution in [0.25, 0.3) is 5.65 Å². The Labute approximate surface area is 179 Å². The van der Waals surface area contributed by atoms with Crippen LogP contribution in [0.3, 0.4) is 0 Å². The second-order valence-electron chi connectivity index (χ2n) is 6.69. The molecule has 29 heavy (non-hydrogen) atoms. The third-order valence-corrected chi connectivity index (χ3v) is 5.14. The third kappa shape index (κ3) is 5.28. The number of benzene rings is 1. The minimum atomic E-state index is -0.146. The van der Waals surface area contributed by atoms with Gasteiger partial charge >= 0.3 is 0 Å². The molecular formula is C21H22Cl2N4O2. The average molecular weight is 433 g/mol. The van der Waals surface area contributed by atoms with Crippen LogP contribution in [-0.4, -0.2) is 27.7 Å². The van der Waals surface area contributed by atoms with E-state index in [0.717, 1.165) is 18.5 Å². The highest BCUT2D eigenvalue weighted by atomic mass is 35.5. The van der Waals surface area contributed by atoms with Gasteiger partial charge in [-0.25, -0.2) is 4.98 Å². The number of pyridine rings is 1. The van der Waals surface area contributed by atoms with Crippen LogP contribution in [0.4, 0.5) is 5.69 Å². The molecule has 6 nitrogen and oxygen atoms in total. The van der Waals surface area contributed by atoms with Gasteiger partial charge < -0.3 is 10.6 Å². The quantitative estimate of drug-likeness (QED) is 0.498. The summed E-state index contributed by atoms with van der Waals surface area (Å²) in [5.74, 6) is -0.280. The van der Waals surface area contributed by atoms with Crippen LogP contribution in [0, 0.1) is 6.92 Å². The van der Waals surface area contributed by atoms with Gasteiger partial charge in [0.15, 0.2) is 0 Å². The van der Waals surface area contributed by atoms with Crippen molar-refractivity contribution in [3.8, 4) is 0 Å². The summed E-state index contributed by atoms with van der Waals surface area (Å²) in [4.78, 5) is 29.0. The van der Waals surface area contributed by atoms with Crippen molar-refractivity contribution in [3.05, 3.63) is 64.0 Å². The van der Waals surface area contributed by atoms with Crippen LogP contribution in [0.15, 0.2) is 42.6 Å². The Morgan fingerprint density at radius 1 is 1.03 bits per heavy atom. The first-order valence-corrected chi connectivity index (χ1v) is 10.2. The molecule has 152 valence electrons. The number of nitrogens with one attached hydrogen (secondary N) is 2. The molecule has 2 aromatic heterocycles. The van der Waals surface area contributed by atoms with Crippen molar-refractivity contribution in [2.24, 2.45) is 0 Å². The monoisotopic (exact) mass is 432 g/mol. The van der Waals surface area contributed by atoms with E-state index >= 15 is 0 Å². The number of unbranched alkanes of at least 4 members (excludes halogenated alkanes) is 2. The fourth-order valence-corrected chi connectivity index (χ4v) is 3.57. The van der Waals surface area contributed by atoms with Gasteiger partial charge in [0.05, 0.1) is 21.4 Å². The molecule has 0 bridgehead atoms. The molecule has 2 amide bonds. The van der Waals surface area contributed by atoms with E-state index in [2.05, 4.69) is 15.6 Å². The predicted molar refractivity (Wildman–Crippen MR) is 116 cm³/mol. The maximum Gasteiger partial charge on any atom is 0.270 e. The first-order valence-electron chi connectivity index (χ1n) is 9.43. The third-order valence-electron chi connectivity index (χ3n) is 4.51. The Bertz CT molecular complexity index is 1010. The standard InChI is InChI=1S/C21H22Cl2N4O2/c1-14-20(27-13-6-4-10-17(27)25-14)21(29)24-12-5-2-3-11-18(28)26-19-15(22)8-7-9-16(19)23/h4,6-10,13H,2-3,5,11-12H2,1H3,(H,24,29)(H,26,28). The van der Waals surface area contributed by atoms with Gasteiger partial charge in [-0.05, 0) is 44.0 Å². The fourth-order valence-electron chi connectivity index (χ4n) is 3.08. The van der Waals surface area contributed by atoms with Crippen LogP contribution in [-0.2, 0) is 4.79 Å². The lowest BCUT2D eigenvalue weighted by Gasteiger charge is -2.09. The van der Waals surface area contributed by atoms with Gasteiger partial charge in [-0.2, -0.15) is 0 Å². The zero-order valence-electron chi connectivity index (χ0n) is 16.0. The Hall–Kier alpha value is -2.57. The molecule has 0 spiro atoms. The van der Waals surface area contributed by atoms with Crippen LogP contribution >= 0.6 is 23.2 Å². The molecule has 0 unspecified atom stereocenters. The summed E-state index contributed by atoms with van der Waals surface area (Å²) < 4.78 is 1.79. The number of amides is 2. The van der Waals surface area contributed by atoms with Crippen molar-refractivity contribution >= 4 is 46.4 Å². The molecule has 2 N–H and O–H groups in total. The van der Waals surface area contributed by atoms with E-state index in [9.17, 15) is 9.59 Å². The first kappa shape index (κ1) is 21.1. The molecule has 0 saturated carbocycles. The minimum Gasteiger partial charge on any atom is -0.351 e. The maximum atomic E-state index is 12.5. The lowest BCUT2D eigenvalue weighted by molar-refractivity contribution is -0.116. The molecule has 3 aromatic rings. The zero-order chi connectivity index (χ0) is 20.8. The summed E-state index contributed by atoms with van der Waals surface area (Å²) >= 11 is 12.1. The molecule has 0 aliphatic carbocycles. The number of halogens is 2. The van der Waals surface area contributed by atoms with Crippen molar-refractivity contribution < 1.29 is 9.59 Å². The zero-order valence-corrected chi connectivity index (χ0v) is 17.6. The minimum absolute atomic E-state index is 0.134. The van der Waals surface area contributed by atoms with Gasteiger partial charge in [-0.3, -0.25) is 14.0 Å². The Balaban J connectivity index is 1.39. The van der Waals surface area contributed by atoms with Crippen molar-refractivity contribution in [1.82, 2.24) is 14.7 Å². The topological polar surface area (TPSA) is 75.5 Å². The van der Waals surface area contributed by atoms with Gasteiger partial charge in [0.1, 0.15) is 11.3 Å². The van der Waals surface area contributed by atoms with Gasteiger partial charge in [0, 0.05) is 19.2 Å². The number of para-hydroxylation sites is 1. The molecule has 0 aliphatic heterocycles. The molecule has 0 saturated heterocycles. The SMILES string of the molecule is Cc1nc2ccccn2c1C(=O)NCCCCCC(=O)Nc1c(Cl)cccc1Cl. The number of anilines is 1. The molecule has 0 atom stereocenters. The Morgan fingerprint density at radius 3 is 2.55 bits per heavy atom.